The summed E-state index contributed by atoms with van der Waals surface area (Å²) in [5.74, 6) is 2.43. The first-order chi connectivity index (χ1) is 16.7. The van der Waals surface area contributed by atoms with Crippen molar-refractivity contribution in [2.24, 2.45) is 0 Å². The summed E-state index contributed by atoms with van der Waals surface area (Å²) in [6, 6.07) is 6.19. The van der Waals surface area contributed by atoms with Crippen molar-refractivity contribution in [3.63, 3.8) is 0 Å². The van der Waals surface area contributed by atoms with Crippen LogP contribution in [0.15, 0.2) is 32.6 Å². The number of rotatable bonds is 7. The Morgan fingerprint density at radius 3 is 2.47 bits per heavy atom. The van der Waals surface area contributed by atoms with E-state index in [-0.39, 0.29) is 0 Å². The van der Waals surface area contributed by atoms with Crippen LogP contribution in [0.3, 0.4) is 0 Å². The van der Waals surface area contributed by atoms with Gasteiger partial charge in [0.05, 0.1) is 13.1 Å². The third kappa shape index (κ3) is 6.46. The minimum Gasteiger partial charge on any atom is -0.384 e. The molecule has 4 heterocycles. The molecule has 1 aliphatic rings. The van der Waals surface area contributed by atoms with Gasteiger partial charge in [0.15, 0.2) is 5.01 Å². The van der Waals surface area contributed by atoms with Crippen LogP contribution in [-0.2, 0) is 19.5 Å². The van der Waals surface area contributed by atoms with Gasteiger partial charge in [0.1, 0.15) is 0 Å². The van der Waals surface area contributed by atoms with Crippen molar-refractivity contribution in [3.05, 3.63) is 46.6 Å². The molecule has 4 aromatic rings. The summed E-state index contributed by atoms with van der Waals surface area (Å²) in [5, 5.41) is 20.1. The lowest BCUT2D eigenvalue weighted by Gasteiger charge is -2.04. The molecular weight excluding hydrogens is 452 g/mol. The minimum atomic E-state index is 0.570. The van der Waals surface area contributed by atoms with Crippen LogP contribution in [0.1, 0.15) is 43.8 Å². The second kappa shape index (κ2) is 12.9. The lowest BCUT2D eigenvalue weighted by molar-refractivity contribution is 0.369. The number of fused-ring (bicyclic) bond motifs is 1. The van der Waals surface area contributed by atoms with Crippen LogP contribution in [-0.4, -0.2) is 45.4 Å². The summed E-state index contributed by atoms with van der Waals surface area (Å²) in [7, 11) is 1.85. The number of benzene rings is 1. The van der Waals surface area contributed by atoms with E-state index in [1.165, 1.54) is 16.9 Å². The van der Waals surface area contributed by atoms with Crippen LogP contribution in [0.2, 0.25) is 0 Å². The van der Waals surface area contributed by atoms with Gasteiger partial charge in [-0.15, -0.1) is 11.3 Å². The maximum atomic E-state index is 5.17. The zero-order valence-electron chi connectivity index (χ0n) is 20.3. The van der Waals surface area contributed by atoms with Crippen molar-refractivity contribution in [1.29, 1.82) is 0 Å². The highest BCUT2D eigenvalue weighted by molar-refractivity contribution is 7.13. The monoisotopic (exact) mass is 484 g/mol. The molecule has 1 aromatic carbocycles. The fourth-order valence-corrected chi connectivity index (χ4v) is 3.94. The Bertz CT molecular complexity index is 1150. The fraction of sp³-hybridized carbons (Fsp3) is 0.435. The molecule has 182 valence electrons. The molecule has 0 unspecified atom stereocenters. The highest BCUT2D eigenvalue weighted by Gasteiger charge is 2.18. The van der Waals surface area contributed by atoms with Gasteiger partial charge in [0.25, 0.3) is 0 Å². The molecule has 0 saturated carbocycles. The minimum absolute atomic E-state index is 0.570. The lowest BCUT2D eigenvalue weighted by atomic mass is 10.1. The van der Waals surface area contributed by atoms with E-state index in [4.69, 9.17) is 9.05 Å². The quantitative estimate of drug-likeness (QED) is 0.353. The van der Waals surface area contributed by atoms with Gasteiger partial charge in [0, 0.05) is 28.9 Å². The zero-order valence-corrected chi connectivity index (χ0v) is 21.1. The molecule has 0 bridgehead atoms. The van der Waals surface area contributed by atoms with E-state index in [0.717, 1.165) is 41.5 Å². The molecule has 11 heteroatoms. The Hall–Kier alpha value is -3.15. The first-order valence-electron chi connectivity index (χ1n) is 11.5. The number of thiazole rings is 1. The molecule has 0 aliphatic carbocycles. The zero-order chi connectivity index (χ0) is 24.3. The Balaban J connectivity index is 0.000000179. The number of hydrogen-bond donors (Lipinski definition) is 3. The molecule has 0 atom stereocenters. The molecule has 0 amide bonds. The number of hydrogen-bond acceptors (Lipinski definition) is 11. The van der Waals surface area contributed by atoms with Crippen LogP contribution in [0.25, 0.3) is 22.2 Å². The number of nitrogens with one attached hydrogen (secondary N) is 3. The summed E-state index contributed by atoms with van der Waals surface area (Å²) in [5.41, 5.74) is 4.46. The van der Waals surface area contributed by atoms with E-state index in [9.17, 15) is 0 Å². The lowest BCUT2D eigenvalue weighted by Crippen LogP contribution is -2.11. The van der Waals surface area contributed by atoms with Crippen molar-refractivity contribution in [1.82, 2.24) is 35.9 Å². The normalized spacial score (nSPS) is 11.7. The van der Waals surface area contributed by atoms with Gasteiger partial charge < -0.3 is 25.0 Å². The average Bonchev–Trinajstić information content (AvgIpc) is 3.66. The van der Waals surface area contributed by atoms with Gasteiger partial charge in [-0.1, -0.05) is 43.2 Å². The van der Waals surface area contributed by atoms with E-state index >= 15 is 0 Å². The fourth-order valence-electron chi connectivity index (χ4n) is 3.22. The average molecular weight is 485 g/mol. The number of nitrogens with zero attached hydrogens (tertiary/aromatic N) is 5. The van der Waals surface area contributed by atoms with E-state index in [2.05, 4.69) is 47.3 Å². The predicted molar refractivity (Wildman–Crippen MR) is 134 cm³/mol. The molecule has 0 fully saturated rings. The molecule has 5 rings (SSSR count). The smallest absolute Gasteiger partial charge is 0.240 e. The molecule has 1 aliphatic heterocycles. The van der Waals surface area contributed by atoms with Gasteiger partial charge in [-0.2, -0.15) is 9.97 Å². The topological polar surface area (TPSA) is 127 Å². The van der Waals surface area contributed by atoms with Crippen molar-refractivity contribution < 1.29 is 9.05 Å². The Kier molecular flexibility index (Phi) is 9.68. The first-order valence-corrected chi connectivity index (χ1v) is 12.3. The van der Waals surface area contributed by atoms with E-state index < -0.39 is 0 Å². The van der Waals surface area contributed by atoms with Gasteiger partial charge in [-0.25, -0.2) is 4.98 Å². The molecular formula is C23H32N8O2S. The third-order valence-corrected chi connectivity index (χ3v) is 5.64. The summed E-state index contributed by atoms with van der Waals surface area (Å²) in [4.78, 5) is 12.9. The van der Waals surface area contributed by atoms with E-state index in [1.807, 2.05) is 52.3 Å². The maximum absolute atomic E-state index is 5.17. The van der Waals surface area contributed by atoms with Crippen LogP contribution in [0.4, 0.5) is 5.69 Å². The van der Waals surface area contributed by atoms with Crippen molar-refractivity contribution in [2.75, 3.05) is 25.5 Å². The Morgan fingerprint density at radius 2 is 1.76 bits per heavy atom. The number of aryl methyl sites for hydroxylation is 1. The van der Waals surface area contributed by atoms with Gasteiger partial charge in [0.2, 0.25) is 23.4 Å². The largest absolute Gasteiger partial charge is 0.384 e. The first kappa shape index (κ1) is 25.5. The second-order valence-electron chi connectivity index (χ2n) is 7.14. The van der Waals surface area contributed by atoms with Gasteiger partial charge in [-0.3, -0.25) is 0 Å². The Morgan fingerprint density at radius 1 is 1.03 bits per heavy atom. The van der Waals surface area contributed by atoms with Crippen LogP contribution < -0.4 is 16.0 Å². The highest BCUT2D eigenvalue weighted by Crippen LogP contribution is 2.32. The van der Waals surface area contributed by atoms with Crippen molar-refractivity contribution in [3.8, 4) is 22.2 Å². The third-order valence-electron chi connectivity index (χ3n) is 4.69. The molecule has 3 N–H and O–H groups in total. The van der Waals surface area contributed by atoms with Crippen molar-refractivity contribution in [2.45, 2.75) is 47.2 Å². The van der Waals surface area contributed by atoms with Crippen LogP contribution in [0.5, 0.6) is 0 Å². The van der Waals surface area contributed by atoms with Gasteiger partial charge >= 0.3 is 0 Å². The molecule has 0 saturated heterocycles. The number of aromatic nitrogens is 5. The summed E-state index contributed by atoms with van der Waals surface area (Å²) in [6.07, 6.45) is 1.06. The molecule has 10 nitrogen and oxygen atoms in total. The molecule has 0 radical (unpaired) electrons. The summed E-state index contributed by atoms with van der Waals surface area (Å²) in [6.45, 7) is 11.0. The SMILES string of the molecule is CC.CCNCc1nc(-c2nc(C)cs2)no1.CNCc1nc(-c2cccc3c2NCC3)no1. The number of anilines is 1. The summed E-state index contributed by atoms with van der Waals surface area (Å²) < 4.78 is 10.2. The Labute approximate surface area is 203 Å². The molecule has 0 spiro atoms. The van der Waals surface area contributed by atoms with E-state index in [0.29, 0.717) is 36.5 Å². The van der Waals surface area contributed by atoms with Crippen LogP contribution >= 0.6 is 11.3 Å². The van der Waals surface area contributed by atoms with Crippen LogP contribution in [0, 0.1) is 6.92 Å². The second-order valence-corrected chi connectivity index (χ2v) is 8.00. The standard InChI is InChI=1S/C12H14N4O.C9H12N4OS.C2H6/c1-13-7-10-15-12(16-17-10)9-4-2-3-8-5-6-14-11(8)9;1-3-10-4-7-12-8(13-14-7)9-11-6(2)5-15-9;1-2/h2-4,13-14H,5-7H2,1H3;5,10H,3-4H2,1-2H3;1-2H3. The maximum Gasteiger partial charge on any atom is 0.240 e. The molecule has 34 heavy (non-hydrogen) atoms. The van der Waals surface area contributed by atoms with E-state index in [1.54, 1.807) is 0 Å². The number of para-hydroxylation sites is 1. The summed E-state index contributed by atoms with van der Waals surface area (Å²) >= 11 is 1.52. The predicted octanol–water partition coefficient (Wildman–Crippen LogP) is 4.06. The molecule has 3 aromatic heterocycles. The van der Waals surface area contributed by atoms with Gasteiger partial charge in [-0.05, 0) is 38.6 Å². The highest BCUT2D eigenvalue weighted by atomic mass is 32.1. The van der Waals surface area contributed by atoms with Crippen molar-refractivity contribution >= 4 is 17.0 Å².